The third-order valence-corrected chi connectivity index (χ3v) is 2.74. The Morgan fingerprint density at radius 1 is 1.61 bits per heavy atom. The quantitative estimate of drug-likeness (QED) is 0.729. The number of carboxylic acids is 1. The highest BCUT2D eigenvalue weighted by Gasteiger charge is 2.27. The third kappa shape index (κ3) is 3.93. The van der Waals surface area contributed by atoms with Gasteiger partial charge in [0, 0.05) is 13.1 Å². The van der Waals surface area contributed by atoms with Crippen LogP contribution in [-0.4, -0.2) is 65.8 Å². The smallest absolute Gasteiger partial charge is 0.323 e. The lowest BCUT2D eigenvalue weighted by atomic mass is 10.2. The highest BCUT2D eigenvalue weighted by molar-refractivity contribution is 5.80. The summed E-state index contributed by atoms with van der Waals surface area (Å²) < 4.78 is 5.46. The number of nitrogens with zero attached hydrogens (tertiary/aromatic N) is 2. The molecule has 1 fully saturated rings. The van der Waals surface area contributed by atoms with Crippen LogP contribution >= 0.6 is 0 Å². The molecule has 0 bridgehead atoms. The normalized spacial score (nSPS) is 19.1. The fourth-order valence-corrected chi connectivity index (χ4v) is 1.80. The monoisotopic (exact) mass is 254 g/mol. The largest absolute Gasteiger partial charge is 0.480 e. The van der Waals surface area contributed by atoms with Crippen LogP contribution in [0.3, 0.4) is 0 Å². The molecule has 0 saturated carbocycles. The van der Waals surface area contributed by atoms with Crippen molar-refractivity contribution in [2.75, 3.05) is 32.8 Å². The Balaban J connectivity index is 2.64. The summed E-state index contributed by atoms with van der Waals surface area (Å²) >= 11 is 0. The average Bonchev–Trinajstić information content (AvgIpc) is 2.37. The lowest BCUT2D eigenvalue weighted by Gasteiger charge is -2.35. The topological polar surface area (TPSA) is 70.1 Å². The van der Waals surface area contributed by atoms with Crippen LogP contribution < -0.4 is 0 Å². The van der Waals surface area contributed by atoms with Gasteiger partial charge in [-0.25, -0.2) is 4.79 Å². The average molecular weight is 254 g/mol. The molecule has 100 valence electrons. The van der Waals surface area contributed by atoms with E-state index in [-0.39, 0.29) is 25.2 Å². The van der Waals surface area contributed by atoms with Gasteiger partial charge in [0.1, 0.15) is 6.54 Å². The van der Waals surface area contributed by atoms with Crippen molar-refractivity contribution in [2.45, 2.75) is 19.4 Å². The fraction of sp³-hybridized carbons (Fsp3) is 0.667. The van der Waals surface area contributed by atoms with Crippen molar-refractivity contribution >= 4 is 12.0 Å². The predicted octanol–water partition coefficient (Wildman–Crippen LogP) is 0.237. The summed E-state index contributed by atoms with van der Waals surface area (Å²) in [6, 6.07) is -0.336. The molecule has 0 aliphatic carbocycles. The number of amides is 2. The molecule has 2 amide bonds. The number of carbonyl (C=O) groups is 2. The van der Waals surface area contributed by atoms with Gasteiger partial charge in [-0.2, -0.15) is 0 Å². The molecule has 1 aliphatic heterocycles. The molecular weight excluding hydrogens is 236 g/mol. The Morgan fingerprint density at radius 3 is 2.89 bits per heavy atom. The number of carbonyl (C=O) groups excluding carboxylic acids is 1. The second kappa shape index (κ2) is 6.87. The second-order valence-electron chi connectivity index (χ2n) is 4.08. The summed E-state index contributed by atoms with van der Waals surface area (Å²) in [5, 5.41) is 8.75. The summed E-state index contributed by atoms with van der Waals surface area (Å²) in [5.74, 6) is 1.23. The van der Waals surface area contributed by atoms with Crippen LogP contribution in [0.15, 0.2) is 0 Å². The van der Waals surface area contributed by atoms with E-state index in [1.165, 1.54) is 0 Å². The van der Waals surface area contributed by atoms with E-state index in [4.69, 9.17) is 16.3 Å². The number of morpholine rings is 1. The van der Waals surface area contributed by atoms with E-state index in [1.54, 1.807) is 4.90 Å². The Morgan fingerprint density at radius 2 is 2.33 bits per heavy atom. The van der Waals surface area contributed by atoms with Gasteiger partial charge in [0.25, 0.3) is 0 Å². The summed E-state index contributed by atoms with van der Waals surface area (Å²) in [6.07, 6.45) is 5.98. The van der Waals surface area contributed by atoms with E-state index < -0.39 is 5.97 Å². The van der Waals surface area contributed by atoms with Crippen LogP contribution in [0.1, 0.15) is 13.3 Å². The number of terminal acetylenes is 1. The van der Waals surface area contributed by atoms with E-state index >= 15 is 0 Å². The van der Waals surface area contributed by atoms with Crippen molar-refractivity contribution in [3.05, 3.63) is 0 Å². The van der Waals surface area contributed by atoms with E-state index in [0.717, 1.165) is 11.3 Å². The number of carboxylic acid groups (broad SMARTS) is 1. The van der Waals surface area contributed by atoms with Crippen LogP contribution in [0.2, 0.25) is 0 Å². The van der Waals surface area contributed by atoms with Crippen molar-refractivity contribution in [3.63, 3.8) is 0 Å². The molecule has 1 N–H and O–H groups in total. The third-order valence-electron chi connectivity index (χ3n) is 2.74. The number of rotatable bonds is 4. The zero-order valence-corrected chi connectivity index (χ0v) is 10.5. The zero-order chi connectivity index (χ0) is 13.5. The Hall–Kier alpha value is -1.74. The first kappa shape index (κ1) is 14.3. The van der Waals surface area contributed by atoms with Crippen LogP contribution in [0.5, 0.6) is 0 Å². The molecule has 6 heteroatoms. The molecule has 0 aromatic heterocycles. The minimum atomic E-state index is -1.07. The minimum Gasteiger partial charge on any atom is -0.480 e. The first-order valence-electron chi connectivity index (χ1n) is 5.89. The molecule has 0 aromatic carbocycles. The summed E-state index contributed by atoms with van der Waals surface area (Å²) in [4.78, 5) is 25.6. The van der Waals surface area contributed by atoms with Gasteiger partial charge in [-0.05, 0) is 6.42 Å². The van der Waals surface area contributed by atoms with E-state index in [9.17, 15) is 9.59 Å². The molecule has 6 nitrogen and oxygen atoms in total. The highest BCUT2D eigenvalue weighted by Crippen LogP contribution is 2.10. The number of ether oxygens (including phenoxy) is 1. The number of aliphatic carboxylic acids is 1. The molecule has 18 heavy (non-hydrogen) atoms. The molecular formula is C12H18N2O4. The maximum absolute atomic E-state index is 12.1. The fourth-order valence-electron chi connectivity index (χ4n) is 1.80. The maximum atomic E-state index is 12.1. The highest BCUT2D eigenvalue weighted by atomic mass is 16.5. The molecule has 1 aliphatic rings. The lowest BCUT2D eigenvalue weighted by molar-refractivity contribution is -0.137. The van der Waals surface area contributed by atoms with Gasteiger partial charge in [-0.3, -0.25) is 4.79 Å². The van der Waals surface area contributed by atoms with Gasteiger partial charge < -0.3 is 19.6 Å². The summed E-state index contributed by atoms with van der Waals surface area (Å²) in [5.41, 5.74) is 0. The standard InChI is InChI=1S/C12H18N2O4/c1-3-5-13(9-11(15)16)12(17)14-6-7-18-10(4-2)8-14/h1,10H,4-9H2,2H3,(H,15,16). The van der Waals surface area contributed by atoms with Gasteiger partial charge in [-0.1, -0.05) is 12.8 Å². The van der Waals surface area contributed by atoms with Crippen molar-refractivity contribution in [2.24, 2.45) is 0 Å². The SMILES string of the molecule is C#CCN(CC(=O)O)C(=O)N1CCOC(CC)C1. The molecule has 1 heterocycles. The van der Waals surface area contributed by atoms with E-state index in [2.05, 4.69) is 5.92 Å². The van der Waals surface area contributed by atoms with Crippen LogP contribution in [0, 0.1) is 12.3 Å². The van der Waals surface area contributed by atoms with Crippen molar-refractivity contribution < 1.29 is 19.4 Å². The van der Waals surface area contributed by atoms with Crippen LogP contribution in [0.4, 0.5) is 4.79 Å². The van der Waals surface area contributed by atoms with Gasteiger partial charge in [0.2, 0.25) is 0 Å². The second-order valence-corrected chi connectivity index (χ2v) is 4.08. The Bertz CT molecular complexity index is 350. The maximum Gasteiger partial charge on any atom is 0.323 e. The van der Waals surface area contributed by atoms with Crippen molar-refractivity contribution in [1.82, 2.24) is 9.80 Å². The molecule has 0 radical (unpaired) electrons. The summed E-state index contributed by atoms with van der Waals surface area (Å²) in [7, 11) is 0. The molecule has 0 aromatic rings. The first-order valence-corrected chi connectivity index (χ1v) is 5.89. The number of hydrogen-bond acceptors (Lipinski definition) is 3. The van der Waals surface area contributed by atoms with Crippen molar-refractivity contribution in [1.29, 1.82) is 0 Å². The Kier molecular flexibility index (Phi) is 5.46. The minimum absolute atomic E-state index is 0.000712. The number of hydrogen-bond donors (Lipinski definition) is 1. The van der Waals surface area contributed by atoms with Gasteiger partial charge >= 0.3 is 12.0 Å². The zero-order valence-electron chi connectivity index (χ0n) is 10.5. The molecule has 1 saturated heterocycles. The van der Waals surface area contributed by atoms with E-state index in [1.807, 2.05) is 6.92 Å². The van der Waals surface area contributed by atoms with Crippen LogP contribution in [-0.2, 0) is 9.53 Å². The van der Waals surface area contributed by atoms with Gasteiger partial charge in [0.15, 0.2) is 0 Å². The molecule has 0 spiro atoms. The predicted molar refractivity (Wildman–Crippen MR) is 65.0 cm³/mol. The molecule has 1 rings (SSSR count). The van der Waals surface area contributed by atoms with Crippen molar-refractivity contribution in [3.8, 4) is 12.3 Å². The van der Waals surface area contributed by atoms with E-state index in [0.29, 0.717) is 19.7 Å². The summed E-state index contributed by atoms with van der Waals surface area (Å²) in [6.45, 7) is 3.03. The van der Waals surface area contributed by atoms with Gasteiger partial charge in [-0.15, -0.1) is 6.42 Å². The number of urea groups is 1. The van der Waals surface area contributed by atoms with Crippen LogP contribution in [0.25, 0.3) is 0 Å². The molecule has 1 atom stereocenters. The Labute approximate surface area is 106 Å². The lowest BCUT2D eigenvalue weighted by Crippen LogP contribution is -2.52. The first-order chi connectivity index (χ1) is 8.58. The van der Waals surface area contributed by atoms with Gasteiger partial charge in [0.05, 0.1) is 19.3 Å². The molecule has 1 unspecified atom stereocenters.